The second-order valence-electron chi connectivity index (χ2n) is 6.00. The summed E-state index contributed by atoms with van der Waals surface area (Å²) in [4.78, 5) is 28.6. The molecule has 0 radical (unpaired) electrons. The van der Waals surface area contributed by atoms with Crippen LogP contribution in [-0.2, 0) is 15.7 Å². The molecule has 8 heteroatoms. The number of pyridine rings is 1. The molecule has 1 heterocycles. The highest BCUT2D eigenvalue weighted by atomic mass is 19.4. The van der Waals surface area contributed by atoms with Crippen LogP contribution in [0.3, 0.4) is 0 Å². The molecule has 0 aliphatic heterocycles. The zero-order valence-electron chi connectivity index (χ0n) is 14.7. The fourth-order valence-electron chi connectivity index (χ4n) is 2.47. The van der Waals surface area contributed by atoms with Gasteiger partial charge in [0.25, 0.3) is 5.91 Å². The van der Waals surface area contributed by atoms with Crippen LogP contribution < -0.4 is 5.32 Å². The molecule has 0 saturated carbocycles. The number of alkyl halides is 3. The number of halogens is 3. The van der Waals surface area contributed by atoms with Crippen molar-refractivity contribution >= 4 is 28.5 Å². The summed E-state index contributed by atoms with van der Waals surface area (Å²) in [6, 6.07) is 14.5. The average molecular weight is 388 g/mol. The van der Waals surface area contributed by atoms with Crippen LogP contribution in [0.2, 0.25) is 0 Å². The lowest BCUT2D eigenvalue weighted by atomic mass is 10.2. The summed E-state index contributed by atoms with van der Waals surface area (Å²) in [5, 5.41) is 3.15. The van der Waals surface area contributed by atoms with E-state index in [-0.39, 0.29) is 11.4 Å². The first-order valence-corrected chi connectivity index (χ1v) is 8.29. The van der Waals surface area contributed by atoms with Crippen molar-refractivity contribution < 1.29 is 27.5 Å². The lowest BCUT2D eigenvalue weighted by Gasteiger charge is -2.14. The summed E-state index contributed by atoms with van der Waals surface area (Å²) in [5.74, 6) is -1.56. The number of hydrogen-bond acceptors (Lipinski definition) is 4. The van der Waals surface area contributed by atoms with Crippen LogP contribution >= 0.6 is 0 Å². The van der Waals surface area contributed by atoms with E-state index >= 15 is 0 Å². The van der Waals surface area contributed by atoms with Crippen LogP contribution in [0.4, 0.5) is 18.9 Å². The maximum absolute atomic E-state index is 12.7. The number of benzene rings is 2. The van der Waals surface area contributed by atoms with Crippen molar-refractivity contribution in [3.05, 3.63) is 71.9 Å². The van der Waals surface area contributed by atoms with Gasteiger partial charge in [-0.2, -0.15) is 13.2 Å². The van der Waals surface area contributed by atoms with Crippen molar-refractivity contribution in [2.75, 3.05) is 5.32 Å². The number of hydrogen-bond donors (Lipinski definition) is 1. The molecule has 1 aromatic heterocycles. The Morgan fingerprint density at radius 2 is 1.79 bits per heavy atom. The standard InChI is InChI=1S/C20H15F3N2O3/c1-12(18(26)24-15-7-4-6-14(11-15)20(21,22)23)28-19(27)17-10-9-13-5-2-3-8-16(13)25-17/h2-12H,1H3,(H,24,26). The maximum Gasteiger partial charge on any atom is 0.416 e. The van der Waals surface area contributed by atoms with Crippen molar-refractivity contribution in [1.29, 1.82) is 0 Å². The van der Waals surface area contributed by atoms with Crippen molar-refractivity contribution in [2.45, 2.75) is 19.2 Å². The van der Waals surface area contributed by atoms with Crippen LogP contribution in [0.5, 0.6) is 0 Å². The van der Waals surface area contributed by atoms with Gasteiger partial charge >= 0.3 is 12.1 Å². The van der Waals surface area contributed by atoms with Gasteiger partial charge in [-0.25, -0.2) is 9.78 Å². The predicted molar refractivity (Wildman–Crippen MR) is 96.7 cm³/mol. The quantitative estimate of drug-likeness (QED) is 0.671. The van der Waals surface area contributed by atoms with E-state index in [9.17, 15) is 22.8 Å². The lowest BCUT2D eigenvalue weighted by molar-refractivity contribution is -0.137. The Kier molecular flexibility index (Phi) is 5.30. The highest BCUT2D eigenvalue weighted by molar-refractivity contribution is 5.97. The number of fused-ring (bicyclic) bond motifs is 1. The molecule has 28 heavy (non-hydrogen) atoms. The summed E-state index contributed by atoms with van der Waals surface area (Å²) in [7, 11) is 0. The Bertz CT molecular complexity index is 1030. The van der Waals surface area contributed by atoms with Crippen molar-refractivity contribution in [3.8, 4) is 0 Å². The van der Waals surface area contributed by atoms with Gasteiger partial charge in [-0.05, 0) is 37.3 Å². The van der Waals surface area contributed by atoms with E-state index in [4.69, 9.17) is 4.74 Å². The van der Waals surface area contributed by atoms with E-state index in [1.165, 1.54) is 25.1 Å². The van der Waals surface area contributed by atoms with E-state index in [0.29, 0.717) is 5.52 Å². The Labute approximate surface area is 158 Å². The smallest absolute Gasteiger partial charge is 0.416 e. The molecule has 3 rings (SSSR count). The molecule has 0 spiro atoms. The van der Waals surface area contributed by atoms with Crippen LogP contribution in [0, 0.1) is 0 Å². The molecule has 1 atom stereocenters. The zero-order valence-corrected chi connectivity index (χ0v) is 14.7. The van der Waals surface area contributed by atoms with Crippen molar-refractivity contribution in [3.63, 3.8) is 0 Å². The number of esters is 1. The zero-order chi connectivity index (χ0) is 20.3. The van der Waals surface area contributed by atoms with E-state index in [1.54, 1.807) is 18.2 Å². The Balaban J connectivity index is 1.67. The fraction of sp³-hybridized carbons (Fsp3) is 0.150. The van der Waals surface area contributed by atoms with E-state index in [0.717, 1.165) is 17.5 Å². The lowest BCUT2D eigenvalue weighted by Crippen LogP contribution is -2.30. The third-order valence-corrected chi connectivity index (χ3v) is 3.92. The highest BCUT2D eigenvalue weighted by Crippen LogP contribution is 2.30. The van der Waals surface area contributed by atoms with Gasteiger partial charge < -0.3 is 10.1 Å². The van der Waals surface area contributed by atoms with Crippen LogP contribution in [0.25, 0.3) is 10.9 Å². The molecular formula is C20H15F3N2O3. The predicted octanol–water partition coefficient (Wildman–Crippen LogP) is 4.44. The number of ether oxygens (including phenoxy) is 1. The van der Waals surface area contributed by atoms with Gasteiger partial charge in [-0.15, -0.1) is 0 Å². The normalized spacial score (nSPS) is 12.4. The molecule has 3 aromatic rings. The van der Waals surface area contributed by atoms with Gasteiger partial charge in [-0.3, -0.25) is 4.79 Å². The largest absolute Gasteiger partial charge is 0.448 e. The minimum atomic E-state index is -4.53. The van der Waals surface area contributed by atoms with Gasteiger partial charge in [0.2, 0.25) is 0 Å². The van der Waals surface area contributed by atoms with Crippen LogP contribution in [-0.4, -0.2) is 23.0 Å². The SMILES string of the molecule is CC(OC(=O)c1ccc2ccccc2n1)C(=O)Nc1cccc(C(F)(F)F)c1. The number of rotatable bonds is 4. The first-order valence-electron chi connectivity index (χ1n) is 8.29. The van der Waals surface area contributed by atoms with Gasteiger partial charge in [0.1, 0.15) is 5.69 Å². The van der Waals surface area contributed by atoms with Gasteiger partial charge in [-0.1, -0.05) is 30.3 Å². The highest BCUT2D eigenvalue weighted by Gasteiger charge is 2.30. The summed E-state index contributed by atoms with van der Waals surface area (Å²) >= 11 is 0. The third-order valence-electron chi connectivity index (χ3n) is 3.92. The first kappa shape index (κ1) is 19.3. The number of anilines is 1. The average Bonchev–Trinajstić information content (AvgIpc) is 2.67. The van der Waals surface area contributed by atoms with Crippen LogP contribution in [0.1, 0.15) is 23.0 Å². The second kappa shape index (κ2) is 7.67. The molecule has 0 aliphatic rings. The molecule has 2 aromatic carbocycles. The molecular weight excluding hydrogens is 373 g/mol. The summed E-state index contributed by atoms with van der Waals surface area (Å²) in [6.07, 6.45) is -5.75. The number of amides is 1. The molecule has 1 amide bonds. The number of aromatic nitrogens is 1. The van der Waals surface area contributed by atoms with E-state index in [2.05, 4.69) is 10.3 Å². The maximum atomic E-state index is 12.7. The third kappa shape index (κ3) is 4.46. The van der Waals surface area contributed by atoms with Crippen molar-refractivity contribution in [2.24, 2.45) is 0 Å². The summed E-state index contributed by atoms with van der Waals surface area (Å²) in [5.41, 5.74) is -0.322. The molecule has 0 aliphatic carbocycles. The summed E-state index contributed by atoms with van der Waals surface area (Å²) < 4.78 is 43.3. The summed E-state index contributed by atoms with van der Waals surface area (Å²) in [6.45, 7) is 1.32. The van der Waals surface area contributed by atoms with Gasteiger partial charge in [0.05, 0.1) is 11.1 Å². The Morgan fingerprint density at radius 1 is 1.04 bits per heavy atom. The minimum Gasteiger partial charge on any atom is -0.448 e. The van der Waals surface area contributed by atoms with Crippen LogP contribution in [0.15, 0.2) is 60.7 Å². The molecule has 0 bridgehead atoms. The van der Waals surface area contributed by atoms with E-state index < -0.39 is 29.7 Å². The molecule has 5 nitrogen and oxygen atoms in total. The molecule has 0 fully saturated rings. The number of para-hydroxylation sites is 1. The topological polar surface area (TPSA) is 68.3 Å². The molecule has 144 valence electrons. The minimum absolute atomic E-state index is 0.0254. The molecule has 1 unspecified atom stereocenters. The number of carbonyl (C=O) groups is 2. The molecule has 0 saturated heterocycles. The molecule has 1 N–H and O–H groups in total. The van der Waals surface area contributed by atoms with Gasteiger partial charge in [0.15, 0.2) is 6.10 Å². The van der Waals surface area contributed by atoms with Crippen molar-refractivity contribution in [1.82, 2.24) is 4.98 Å². The van der Waals surface area contributed by atoms with Gasteiger partial charge in [0, 0.05) is 11.1 Å². The Hall–Kier alpha value is -3.42. The Morgan fingerprint density at radius 3 is 2.54 bits per heavy atom. The number of carbonyl (C=O) groups excluding carboxylic acids is 2. The monoisotopic (exact) mass is 388 g/mol. The second-order valence-corrected chi connectivity index (χ2v) is 6.00. The van der Waals surface area contributed by atoms with E-state index in [1.807, 2.05) is 12.1 Å². The number of nitrogens with zero attached hydrogens (tertiary/aromatic N) is 1. The first-order chi connectivity index (χ1) is 13.2. The number of nitrogens with one attached hydrogen (secondary N) is 1. The fourth-order valence-corrected chi connectivity index (χ4v) is 2.47.